The predicted molar refractivity (Wildman–Crippen MR) is 143 cm³/mol. The van der Waals surface area contributed by atoms with Gasteiger partial charge in [0.2, 0.25) is 0 Å². The average Bonchev–Trinajstić information content (AvgIpc) is 2.92. The van der Waals surface area contributed by atoms with Gasteiger partial charge in [0.05, 0.1) is 11.3 Å². The number of carbonyl (C=O) groups is 1. The highest BCUT2D eigenvalue weighted by Gasteiger charge is 2.27. The smallest absolute Gasteiger partial charge is 0.264 e. The topological polar surface area (TPSA) is 141 Å². The molecular weight excluding hydrogens is 485 g/mol. The van der Waals surface area contributed by atoms with Crippen molar-refractivity contribution < 1.29 is 13.9 Å². The minimum Gasteiger partial charge on any atom is -0.457 e. The number of likely N-dealkylation sites (tertiary alicyclic amines) is 1. The molecule has 1 aliphatic heterocycles. The number of ether oxygens (including phenoxy) is 1. The lowest BCUT2D eigenvalue weighted by atomic mass is 10.0. The summed E-state index contributed by atoms with van der Waals surface area (Å²) in [5.41, 5.74) is 6.24. The molecule has 1 fully saturated rings. The normalized spacial score (nSPS) is 15.4. The van der Waals surface area contributed by atoms with Crippen LogP contribution in [0.1, 0.15) is 37.3 Å². The van der Waals surface area contributed by atoms with E-state index >= 15 is 4.39 Å². The number of nitriles is 1. The van der Waals surface area contributed by atoms with Crippen LogP contribution >= 0.6 is 0 Å². The third-order valence-corrected chi connectivity index (χ3v) is 6.12. The first kappa shape index (κ1) is 26.3. The van der Waals surface area contributed by atoms with E-state index in [-0.39, 0.29) is 46.0 Å². The standard InChI is InChI=1S/C28H28FN7O2/c1-2-7-18(15-30)28(37)36-13-6-8-19(16-36)35-27-24(26(32)33-17-34-27)25(31)22-12-11-21(14-23(22)29)38-20-9-4-3-5-10-20/h3-5,7,9-12,14,17,19,31H,2,6,8,13,16H2,1H3,(H3,32,33,34,35)/b18-7+,31-25?. The molecule has 0 bridgehead atoms. The minimum absolute atomic E-state index is 0.0128. The molecule has 1 unspecified atom stereocenters. The van der Waals surface area contributed by atoms with E-state index in [1.165, 1.54) is 18.5 Å². The van der Waals surface area contributed by atoms with Crippen molar-refractivity contribution in [2.24, 2.45) is 0 Å². The van der Waals surface area contributed by atoms with Crippen LogP contribution in [0.15, 0.2) is 66.5 Å². The number of nitrogens with zero attached hydrogens (tertiary/aromatic N) is 4. The van der Waals surface area contributed by atoms with Crippen molar-refractivity contribution in [3.63, 3.8) is 0 Å². The Morgan fingerprint density at radius 1 is 1.29 bits per heavy atom. The molecule has 9 nitrogen and oxygen atoms in total. The zero-order valence-electron chi connectivity index (χ0n) is 20.9. The molecule has 0 saturated carbocycles. The van der Waals surface area contributed by atoms with Crippen molar-refractivity contribution in [2.45, 2.75) is 32.2 Å². The number of carbonyl (C=O) groups excluding carboxylic acids is 1. The van der Waals surface area contributed by atoms with E-state index < -0.39 is 5.82 Å². The fraction of sp³-hybridized carbons (Fsp3) is 0.250. The first-order valence-electron chi connectivity index (χ1n) is 12.3. The van der Waals surface area contributed by atoms with E-state index in [1.807, 2.05) is 31.2 Å². The van der Waals surface area contributed by atoms with Crippen molar-refractivity contribution in [1.82, 2.24) is 14.9 Å². The van der Waals surface area contributed by atoms with Gasteiger partial charge in [-0.1, -0.05) is 31.2 Å². The molecule has 1 saturated heterocycles. The predicted octanol–water partition coefficient (Wildman–Crippen LogP) is 4.67. The minimum atomic E-state index is -0.654. The number of allylic oxidation sites excluding steroid dienone is 1. The van der Waals surface area contributed by atoms with Crippen LogP contribution in [0.25, 0.3) is 0 Å². The lowest BCUT2D eigenvalue weighted by Crippen LogP contribution is -2.45. The van der Waals surface area contributed by atoms with Gasteiger partial charge in [-0.25, -0.2) is 14.4 Å². The number of halogens is 1. The van der Waals surface area contributed by atoms with Gasteiger partial charge in [-0.15, -0.1) is 0 Å². The second-order valence-corrected chi connectivity index (χ2v) is 8.79. The first-order chi connectivity index (χ1) is 18.4. The number of para-hydroxylation sites is 1. The fourth-order valence-electron chi connectivity index (χ4n) is 4.30. The average molecular weight is 514 g/mol. The summed E-state index contributed by atoms with van der Waals surface area (Å²) in [6, 6.07) is 15.0. The molecule has 2 heterocycles. The van der Waals surface area contributed by atoms with Gasteiger partial charge in [-0.3, -0.25) is 10.2 Å². The van der Waals surface area contributed by atoms with Crippen LogP contribution in [-0.2, 0) is 4.79 Å². The van der Waals surface area contributed by atoms with Crippen molar-refractivity contribution in [3.8, 4) is 17.6 Å². The zero-order valence-corrected chi connectivity index (χ0v) is 20.9. The van der Waals surface area contributed by atoms with Gasteiger partial charge in [0.25, 0.3) is 5.91 Å². The molecule has 2 aromatic carbocycles. The Kier molecular flexibility index (Phi) is 8.28. The number of aromatic nitrogens is 2. The second kappa shape index (κ2) is 12.0. The summed E-state index contributed by atoms with van der Waals surface area (Å²) in [6.07, 6.45) is 4.93. The van der Waals surface area contributed by atoms with Gasteiger partial charge in [0, 0.05) is 30.8 Å². The molecule has 4 rings (SSSR count). The van der Waals surface area contributed by atoms with Gasteiger partial charge in [-0.2, -0.15) is 5.26 Å². The highest BCUT2D eigenvalue weighted by atomic mass is 19.1. The molecule has 1 atom stereocenters. The molecule has 10 heteroatoms. The number of amides is 1. The monoisotopic (exact) mass is 513 g/mol. The SMILES string of the molecule is CC/C=C(\C#N)C(=O)N1CCCC(Nc2ncnc(N)c2C(=N)c2ccc(Oc3ccccc3)cc2F)C1. The number of hydrogen-bond acceptors (Lipinski definition) is 8. The number of anilines is 2. The van der Waals surface area contributed by atoms with E-state index in [1.54, 1.807) is 29.2 Å². The number of benzene rings is 2. The Balaban J connectivity index is 1.54. The van der Waals surface area contributed by atoms with Crippen LogP contribution in [-0.4, -0.2) is 45.6 Å². The van der Waals surface area contributed by atoms with Crippen LogP contribution in [0.4, 0.5) is 16.0 Å². The number of nitrogens with two attached hydrogens (primary N) is 1. The molecule has 1 aliphatic rings. The second-order valence-electron chi connectivity index (χ2n) is 8.79. The quantitative estimate of drug-likeness (QED) is 0.226. The number of piperidine rings is 1. The van der Waals surface area contributed by atoms with Gasteiger partial charge in [0.1, 0.15) is 46.9 Å². The summed E-state index contributed by atoms with van der Waals surface area (Å²) in [5.74, 6) is 0.193. The lowest BCUT2D eigenvalue weighted by Gasteiger charge is -2.33. The third-order valence-electron chi connectivity index (χ3n) is 6.12. The van der Waals surface area contributed by atoms with E-state index in [4.69, 9.17) is 15.9 Å². The van der Waals surface area contributed by atoms with E-state index in [0.717, 1.165) is 12.8 Å². The molecule has 1 aromatic heterocycles. The number of rotatable bonds is 8. The Labute approximate surface area is 220 Å². The van der Waals surface area contributed by atoms with Crippen LogP contribution in [0.5, 0.6) is 11.5 Å². The summed E-state index contributed by atoms with van der Waals surface area (Å²) in [7, 11) is 0. The highest BCUT2D eigenvalue weighted by molar-refractivity contribution is 6.16. The maximum atomic E-state index is 15.1. The largest absolute Gasteiger partial charge is 0.457 e. The molecular formula is C28H28FN7O2. The number of nitrogen functional groups attached to an aromatic ring is 1. The summed E-state index contributed by atoms with van der Waals surface area (Å²) < 4.78 is 20.8. The van der Waals surface area contributed by atoms with Crippen LogP contribution in [0, 0.1) is 22.6 Å². The maximum Gasteiger partial charge on any atom is 0.264 e. The summed E-state index contributed by atoms with van der Waals surface area (Å²) in [6.45, 7) is 2.75. The summed E-state index contributed by atoms with van der Waals surface area (Å²) >= 11 is 0. The summed E-state index contributed by atoms with van der Waals surface area (Å²) in [4.78, 5) is 22.7. The number of nitrogens with one attached hydrogen (secondary N) is 2. The molecule has 0 radical (unpaired) electrons. The van der Waals surface area contributed by atoms with E-state index in [0.29, 0.717) is 31.0 Å². The van der Waals surface area contributed by atoms with E-state index in [2.05, 4.69) is 15.3 Å². The van der Waals surface area contributed by atoms with Crippen LogP contribution in [0.3, 0.4) is 0 Å². The molecule has 0 aliphatic carbocycles. The molecule has 0 spiro atoms. The molecule has 194 valence electrons. The van der Waals surface area contributed by atoms with Crippen molar-refractivity contribution in [1.29, 1.82) is 10.7 Å². The van der Waals surface area contributed by atoms with Crippen molar-refractivity contribution >= 4 is 23.3 Å². The van der Waals surface area contributed by atoms with Gasteiger partial charge < -0.3 is 20.7 Å². The fourth-order valence-corrected chi connectivity index (χ4v) is 4.30. The van der Waals surface area contributed by atoms with Gasteiger partial charge >= 0.3 is 0 Å². The molecule has 1 amide bonds. The Morgan fingerprint density at radius 2 is 2.08 bits per heavy atom. The molecule has 3 aromatic rings. The Morgan fingerprint density at radius 3 is 2.79 bits per heavy atom. The van der Waals surface area contributed by atoms with Gasteiger partial charge in [0.15, 0.2) is 0 Å². The molecule has 4 N–H and O–H groups in total. The van der Waals surface area contributed by atoms with Crippen LogP contribution in [0.2, 0.25) is 0 Å². The Hall–Kier alpha value is -4.78. The van der Waals surface area contributed by atoms with Crippen molar-refractivity contribution in [2.75, 3.05) is 24.1 Å². The number of hydrogen-bond donors (Lipinski definition) is 3. The zero-order chi connectivity index (χ0) is 27.1. The van der Waals surface area contributed by atoms with Gasteiger partial charge in [-0.05, 0) is 43.5 Å². The first-order valence-corrected chi connectivity index (χ1v) is 12.3. The highest BCUT2D eigenvalue weighted by Crippen LogP contribution is 2.28. The lowest BCUT2D eigenvalue weighted by molar-refractivity contribution is -0.127. The Bertz CT molecular complexity index is 1400. The third kappa shape index (κ3) is 5.95. The maximum absolute atomic E-state index is 15.1. The van der Waals surface area contributed by atoms with Crippen LogP contribution < -0.4 is 15.8 Å². The van der Waals surface area contributed by atoms with Crippen molar-refractivity contribution in [3.05, 3.63) is 83.5 Å². The molecule has 38 heavy (non-hydrogen) atoms. The summed E-state index contributed by atoms with van der Waals surface area (Å²) in [5, 5.41) is 21.3. The van der Waals surface area contributed by atoms with E-state index in [9.17, 15) is 10.1 Å².